The van der Waals surface area contributed by atoms with Gasteiger partial charge in [0.2, 0.25) is 5.91 Å². The third-order valence-electron chi connectivity index (χ3n) is 3.49. The number of nitrogens with zero attached hydrogens (tertiary/aromatic N) is 1. The van der Waals surface area contributed by atoms with Crippen LogP contribution in [0.25, 0.3) is 0 Å². The molecule has 1 heterocycles. The van der Waals surface area contributed by atoms with Gasteiger partial charge in [0.25, 0.3) is 0 Å². The number of benzene rings is 1. The first-order chi connectivity index (χ1) is 10.1. The zero-order valence-corrected chi connectivity index (χ0v) is 13.2. The average Bonchev–Trinajstić information content (AvgIpc) is 2.47. The summed E-state index contributed by atoms with van der Waals surface area (Å²) in [5.74, 6) is -0.390. The standard InChI is InChI=1S/C15H18BrNO4/c16-11-4-3-5-12(10-11)21-9-7-14(18)17-8-2-1-6-13(17)15(19)20/h3-5,10,13H,1-2,6-9H2,(H,19,20). The van der Waals surface area contributed by atoms with Gasteiger partial charge in [-0.2, -0.15) is 0 Å². The van der Waals surface area contributed by atoms with Gasteiger partial charge in [0.1, 0.15) is 11.8 Å². The fourth-order valence-corrected chi connectivity index (χ4v) is 2.82. The van der Waals surface area contributed by atoms with Crippen LogP contribution in [0.5, 0.6) is 5.75 Å². The topological polar surface area (TPSA) is 66.8 Å². The molecular weight excluding hydrogens is 338 g/mol. The lowest BCUT2D eigenvalue weighted by Crippen LogP contribution is -2.48. The highest BCUT2D eigenvalue weighted by molar-refractivity contribution is 9.10. The molecule has 1 saturated heterocycles. The van der Waals surface area contributed by atoms with Gasteiger partial charge >= 0.3 is 5.97 Å². The maximum Gasteiger partial charge on any atom is 0.326 e. The Labute approximate surface area is 132 Å². The van der Waals surface area contributed by atoms with Gasteiger partial charge in [-0.25, -0.2) is 4.79 Å². The number of carbonyl (C=O) groups excluding carboxylic acids is 1. The van der Waals surface area contributed by atoms with Gasteiger partial charge in [-0.05, 0) is 37.5 Å². The number of aliphatic carboxylic acids is 1. The zero-order chi connectivity index (χ0) is 15.2. The molecule has 5 nitrogen and oxygen atoms in total. The second-order valence-corrected chi connectivity index (χ2v) is 5.91. The number of rotatable bonds is 5. The number of amides is 1. The number of carboxylic acid groups (broad SMARTS) is 1. The van der Waals surface area contributed by atoms with Crippen LogP contribution in [0.1, 0.15) is 25.7 Å². The van der Waals surface area contributed by atoms with Crippen molar-refractivity contribution >= 4 is 27.8 Å². The van der Waals surface area contributed by atoms with Crippen LogP contribution in [0, 0.1) is 0 Å². The molecule has 0 saturated carbocycles. The van der Waals surface area contributed by atoms with E-state index in [0.29, 0.717) is 18.7 Å². The van der Waals surface area contributed by atoms with Gasteiger partial charge in [0, 0.05) is 11.0 Å². The molecule has 1 N–H and O–H groups in total. The molecular formula is C15H18BrNO4. The number of carbonyl (C=O) groups is 2. The summed E-state index contributed by atoms with van der Waals surface area (Å²) in [6.45, 7) is 0.769. The van der Waals surface area contributed by atoms with Crippen LogP contribution in [0.2, 0.25) is 0 Å². The maximum atomic E-state index is 12.1. The fourth-order valence-electron chi connectivity index (χ4n) is 2.44. The van der Waals surface area contributed by atoms with Gasteiger partial charge in [0.15, 0.2) is 0 Å². The molecule has 1 aliphatic heterocycles. The predicted molar refractivity (Wildman–Crippen MR) is 81.2 cm³/mol. The molecule has 0 radical (unpaired) electrons. The molecule has 0 aliphatic carbocycles. The van der Waals surface area contributed by atoms with Crippen molar-refractivity contribution in [3.63, 3.8) is 0 Å². The van der Waals surface area contributed by atoms with Crippen molar-refractivity contribution in [1.29, 1.82) is 0 Å². The fraction of sp³-hybridized carbons (Fsp3) is 0.467. The highest BCUT2D eigenvalue weighted by Gasteiger charge is 2.31. The Kier molecular flexibility index (Phi) is 5.61. The van der Waals surface area contributed by atoms with Crippen LogP contribution in [-0.4, -0.2) is 41.1 Å². The summed E-state index contributed by atoms with van der Waals surface area (Å²) in [6.07, 6.45) is 2.45. The van der Waals surface area contributed by atoms with Crippen molar-refractivity contribution in [2.24, 2.45) is 0 Å². The molecule has 6 heteroatoms. The molecule has 2 rings (SSSR count). The van der Waals surface area contributed by atoms with Crippen LogP contribution in [0.4, 0.5) is 0 Å². The van der Waals surface area contributed by atoms with E-state index < -0.39 is 12.0 Å². The summed E-state index contributed by atoms with van der Waals surface area (Å²) >= 11 is 3.35. The van der Waals surface area contributed by atoms with Crippen molar-refractivity contribution in [3.05, 3.63) is 28.7 Å². The average molecular weight is 356 g/mol. The van der Waals surface area contributed by atoms with Crippen molar-refractivity contribution < 1.29 is 19.4 Å². The van der Waals surface area contributed by atoms with Crippen molar-refractivity contribution in [1.82, 2.24) is 4.90 Å². The Morgan fingerprint density at radius 2 is 2.19 bits per heavy atom. The molecule has 0 spiro atoms. The Morgan fingerprint density at radius 1 is 1.38 bits per heavy atom. The number of likely N-dealkylation sites (tertiary alicyclic amines) is 1. The minimum Gasteiger partial charge on any atom is -0.493 e. The molecule has 1 amide bonds. The van der Waals surface area contributed by atoms with E-state index >= 15 is 0 Å². The zero-order valence-electron chi connectivity index (χ0n) is 11.6. The highest BCUT2D eigenvalue weighted by atomic mass is 79.9. The summed E-state index contributed by atoms with van der Waals surface area (Å²) in [5.41, 5.74) is 0. The van der Waals surface area contributed by atoms with Gasteiger partial charge < -0.3 is 14.7 Å². The number of ether oxygens (including phenoxy) is 1. The van der Waals surface area contributed by atoms with E-state index in [4.69, 9.17) is 9.84 Å². The SMILES string of the molecule is O=C(O)C1CCCCN1C(=O)CCOc1cccc(Br)c1. The first kappa shape index (κ1) is 15.8. The summed E-state index contributed by atoms with van der Waals surface area (Å²) in [5, 5.41) is 9.16. The summed E-state index contributed by atoms with van der Waals surface area (Å²) in [7, 11) is 0. The van der Waals surface area contributed by atoms with E-state index in [1.54, 1.807) is 0 Å². The second-order valence-electron chi connectivity index (χ2n) is 4.99. The van der Waals surface area contributed by atoms with Crippen LogP contribution >= 0.6 is 15.9 Å². The summed E-state index contributed by atoms with van der Waals surface area (Å²) in [4.78, 5) is 24.8. The molecule has 1 aromatic rings. The predicted octanol–water partition coefficient (Wildman–Crippen LogP) is 2.68. The van der Waals surface area contributed by atoms with Crippen LogP contribution in [0.15, 0.2) is 28.7 Å². The lowest BCUT2D eigenvalue weighted by molar-refractivity contribution is -0.152. The Morgan fingerprint density at radius 3 is 2.90 bits per heavy atom. The van der Waals surface area contributed by atoms with Crippen molar-refractivity contribution in [2.45, 2.75) is 31.7 Å². The van der Waals surface area contributed by atoms with Gasteiger partial charge in [-0.15, -0.1) is 0 Å². The first-order valence-electron chi connectivity index (χ1n) is 6.98. The monoisotopic (exact) mass is 355 g/mol. The van der Waals surface area contributed by atoms with Crippen molar-refractivity contribution in [3.8, 4) is 5.75 Å². The van der Waals surface area contributed by atoms with Gasteiger partial charge in [-0.3, -0.25) is 4.79 Å². The van der Waals surface area contributed by atoms with E-state index in [-0.39, 0.29) is 18.9 Å². The Bertz CT molecular complexity index is 520. The lowest BCUT2D eigenvalue weighted by atomic mass is 10.0. The molecule has 0 aromatic heterocycles. The first-order valence-corrected chi connectivity index (χ1v) is 7.78. The van der Waals surface area contributed by atoms with Gasteiger partial charge in [-0.1, -0.05) is 22.0 Å². The minimum absolute atomic E-state index is 0.155. The molecule has 1 unspecified atom stereocenters. The molecule has 1 aromatic carbocycles. The molecule has 21 heavy (non-hydrogen) atoms. The quantitative estimate of drug-likeness (QED) is 0.881. The lowest BCUT2D eigenvalue weighted by Gasteiger charge is -2.33. The molecule has 0 bridgehead atoms. The Balaban J connectivity index is 1.84. The third kappa shape index (κ3) is 4.46. The number of carboxylic acids is 1. The molecule has 1 fully saturated rings. The Hall–Kier alpha value is -1.56. The van der Waals surface area contributed by atoms with E-state index in [9.17, 15) is 9.59 Å². The smallest absolute Gasteiger partial charge is 0.326 e. The number of hydrogen-bond acceptors (Lipinski definition) is 3. The number of piperidine rings is 1. The van der Waals surface area contributed by atoms with E-state index in [0.717, 1.165) is 17.3 Å². The van der Waals surface area contributed by atoms with Gasteiger partial charge in [0.05, 0.1) is 13.0 Å². The van der Waals surface area contributed by atoms with E-state index in [1.807, 2.05) is 24.3 Å². The van der Waals surface area contributed by atoms with Crippen LogP contribution in [-0.2, 0) is 9.59 Å². The molecule has 1 aliphatic rings. The number of halogens is 1. The van der Waals surface area contributed by atoms with E-state index in [1.165, 1.54) is 4.90 Å². The number of hydrogen-bond donors (Lipinski definition) is 1. The third-order valence-corrected chi connectivity index (χ3v) is 3.98. The molecule has 114 valence electrons. The van der Waals surface area contributed by atoms with E-state index in [2.05, 4.69) is 15.9 Å². The van der Waals surface area contributed by atoms with Crippen LogP contribution < -0.4 is 4.74 Å². The molecule has 1 atom stereocenters. The largest absolute Gasteiger partial charge is 0.493 e. The summed E-state index contributed by atoms with van der Waals surface area (Å²) in [6, 6.07) is 6.70. The van der Waals surface area contributed by atoms with Crippen molar-refractivity contribution in [2.75, 3.05) is 13.2 Å². The van der Waals surface area contributed by atoms with Crippen LogP contribution in [0.3, 0.4) is 0 Å². The highest BCUT2D eigenvalue weighted by Crippen LogP contribution is 2.20. The second kappa shape index (κ2) is 7.45. The summed E-state index contributed by atoms with van der Waals surface area (Å²) < 4.78 is 6.43. The normalized spacial score (nSPS) is 18.3. The minimum atomic E-state index is -0.920. The maximum absolute atomic E-state index is 12.1.